The van der Waals surface area contributed by atoms with Crippen molar-refractivity contribution in [3.05, 3.63) is 29.8 Å². The van der Waals surface area contributed by atoms with Crippen LogP contribution in [-0.2, 0) is 6.54 Å². The third kappa shape index (κ3) is 9.83. The molecule has 0 heterocycles. The Labute approximate surface area is 137 Å². The highest BCUT2D eigenvalue weighted by Gasteiger charge is 1.98. The van der Waals surface area contributed by atoms with Crippen LogP contribution >= 0.6 is 0 Å². The summed E-state index contributed by atoms with van der Waals surface area (Å²) >= 11 is 0. The van der Waals surface area contributed by atoms with E-state index in [9.17, 15) is 0 Å². The second kappa shape index (κ2) is 13.6. The minimum Gasteiger partial charge on any atom is -0.494 e. The molecule has 0 radical (unpaired) electrons. The van der Waals surface area contributed by atoms with Crippen LogP contribution in [0.25, 0.3) is 0 Å². The summed E-state index contributed by atoms with van der Waals surface area (Å²) in [5.41, 5.74) is 1.32. The highest BCUT2D eigenvalue weighted by Crippen LogP contribution is 2.14. The van der Waals surface area contributed by atoms with Crippen LogP contribution in [0.2, 0.25) is 0 Å². The number of ether oxygens (including phenoxy) is 1. The fourth-order valence-electron chi connectivity index (χ4n) is 2.55. The standard InChI is InChI=1S/C20H35NO/c1-3-5-7-9-11-16-22-20-14-12-13-19(17-20)18-21-15-10-8-6-4-2/h12-14,17,21H,3-11,15-16,18H2,1-2H3. The Bertz CT molecular complexity index is 333. The fraction of sp³-hybridized carbons (Fsp3) is 0.700. The zero-order valence-corrected chi connectivity index (χ0v) is 14.7. The molecule has 1 N–H and O–H groups in total. The van der Waals surface area contributed by atoms with E-state index in [2.05, 4.69) is 43.4 Å². The summed E-state index contributed by atoms with van der Waals surface area (Å²) in [5.74, 6) is 1.01. The lowest BCUT2D eigenvalue weighted by molar-refractivity contribution is 0.304. The summed E-state index contributed by atoms with van der Waals surface area (Å²) in [6.07, 6.45) is 11.7. The van der Waals surface area contributed by atoms with E-state index < -0.39 is 0 Å². The van der Waals surface area contributed by atoms with Gasteiger partial charge >= 0.3 is 0 Å². The lowest BCUT2D eigenvalue weighted by atomic mass is 10.1. The second-order valence-corrected chi connectivity index (χ2v) is 6.15. The van der Waals surface area contributed by atoms with Crippen LogP contribution in [0.5, 0.6) is 5.75 Å². The van der Waals surface area contributed by atoms with E-state index >= 15 is 0 Å². The Morgan fingerprint density at radius 3 is 2.36 bits per heavy atom. The number of hydrogen-bond donors (Lipinski definition) is 1. The van der Waals surface area contributed by atoms with Gasteiger partial charge < -0.3 is 10.1 Å². The molecular formula is C20H35NO. The van der Waals surface area contributed by atoms with Gasteiger partial charge in [-0.05, 0) is 37.1 Å². The molecule has 0 bridgehead atoms. The molecule has 0 spiro atoms. The third-order valence-corrected chi connectivity index (χ3v) is 3.95. The van der Waals surface area contributed by atoms with Crippen molar-refractivity contribution in [2.24, 2.45) is 0 Å². The van der Waals surface area contributed by atoms with Gasteiger partial charge in [0.25, 0.3) is 0 Å². The lowest BCUT2D eigenvalue weighted by Crippen LogP contribution is -2.14. The van der Waals surface area contributed by atoms with Crippen LogP contribution < -0.4 is 10.1 Å². The molecule has 0 unspecified atom stereocenters. The van der Waals surface area contributed by atoms with Gasteiger partial charge in [0.1, 0.15) is 5.75 Å². The molecule has 0 aromatic heterocycles. The van der Waals surface area contributed by atoms with Crippen LogP contribution in [0, 0.1) is 0 Å². The average molecular weight is 306 g/mol. The van der Waals surface area contributed by atoms with Gasteiger partial charge in [-0.2, -0.15) is 0 Å². The number of rotatable bonds is 14. The van der Waals surface area contributed by atoms with Crippen LogP contribution in [0.3, 0.4) is 0 Å². The van der Waals surface area contributed by atoms with Crippen molar-refractivity contribution in [1.29, 1.82) is 0 Å². The summed E-state index contributed by atoms with van der Waals surface area (Å²) in [6, 6.07) is 8.51. The zero-order chi connectivity index (χ0) is 15.9. The molecule has 1 rings (SSSR count). The van der Waals surface area contributed by atoms with Crippen molar-refractivity contribution >= 4 is 0 Å². The first-order valence-electron chi connectivity index (χ1n) is 9.29. The first-order chi connectivity index (χ1) is 10.9. The van der Waals surface area contributed by atoms with Crippen molar-refractivity contribution < 1.29 is 4.74 Å². The number of nitrogens with one attached hydrogen (secondary N) is 1. The normalized spacial score (nSPS) is 10.8. The maximum Gasteiger partial charge on any atom is 0.119 e. The molecule has 0 saturated carbocycles. The quantitative estimate of drug-likeness (QED) is 0.445. The first kappa shape index (κ1) is 19.0. The Balaban J connectivity index is 2.13. The Hall–Kier alpha value is -1.02. The van der Waals surface area contributed by atoms with Crippen molar-refractivity contribution in [1.82, 2.24) is 5.32 Å². The number of hydrogen-bond acceptors (Lipinski definition) is 2. The van der Waals surface area contributed by atoms with Crippen molar-refractivity contribution in [3.8, 4) is 5.75 Å². The molecule has 0 aliphatic rings. The third-order valence-electron chi connectivity index (χ3n) is 3.95. The fourth-order valence-corrected chi connectivity index (χ4v) is 2.55. The molecule has 0 amide bonds. The summed E-state index contributed by atoms with van der Waals surface area (Å²) in [7, 11) is 0. The maximum absolute atomic E-state index is 5.86. The summed E-state index contributed by atoms with van der Waals surface area (Å²) in [6.45, 7) is 7.41. The van der Waals surface area contributed by atoms with Crippen LogP contribution in [0.1, 0.15) is 77.2 Å². The molecule has 1 aromatic carbocycles. The van der Waals surface area contributed by atoms with Gasteiger partial charge in [-0.3, -0.25) is 0 Å². The SMILES string of the molecule is CCCCCCCOc1cccc(CNCCCCCC)c1. The van der Waals surface area contributed by atoms with E-state index in [0.717, 1.165) is 25.4 Å². The van der Waals surface area contributed by atoms with E-state index in [1.807, 2.05) is 0 Å². The predicted octanol–water partition coefficient (Wildman–Crippen LogP) is 5.71. The van der Waals surface area contributed by atoms with Crippen molar-refractivity contribution in [2.45, 2.75) is 78.2 Å². The van der Waals surface area contributed by atoms with Gasteiger partial charge in [-0.1, -0.05) is 70.9 Å². The van der Waals surface area contributed by atoms with Crippen molar-refractivity contribution in [3.63, 3.8) is 0 Å². The van der Waals surface area contributed by atoms with E-state index in [1.54, 1.807) is 0 Å². The Kier molecular flexibility index (Phi) is 11.8. The summed E-state index contributed by atoms with van der Waals surface area (Å²) < 4.78 is 5.86. The van der Waals surface area contributed by atoms with Crippen LogP contribution in [-0.4, -0.2) is 13.2 Å². The molecule has 0 aliphatic heterocycles. The van der Waals surface area contributed by atoms with Gasteiger partial charge in [0.15, 0.2) is 0 Å². The van der Waals surface area contributed by atoms with Gasteiger partial charge in [0, 0.05) is 6.54 Å². The van der Waals surface area contributed by atoms with E-state index in [0.29, 0.717) is 0 Å². The second-order valence-electron chi connectivity index (χ2n) is 6.15. The minimum atomic E-state index is 0.845. The molecule has 1 aromatic rings. The van der Waals surface area contributed by atoms with E-state index in [1.165, 1.54) is 63.4 Å². The molecule has 22 heavy (non-hydrogen) atoms. The molecule has 0 aliphatic carbocycles. The minimum absolute atomic E-state index is 0.845. The maximum atomic E-state index is 5.86. The van der Waals surface area contributed by atoms with Crippen LogP contribution in [0.4, 0.5) is 0 Å². The lowest BCUT2D eigenvalue weighted by Gasteiger charge is -2.09. The topological polar surface area (TPSA) is 21.3 Å². The van der Waals surface area contributed by atoms with Gasteiger partial charge in [0.2, 0.25) is 0 Å². The van der Waals surface area contributed by atoms with E-state index in [4.69, 9.17) is 4.74 Å². The molecule has 0 fully saturated rings. The first-order valence-corrected chi connectivity index (χ1v) is 9.29. The largest absolute Gasteiger partial charge is 0.494 e. The number of unbranched alkanes of at least 4 members (excludes halogenated alkanes) is 7. The predicted molar refractivity (Wildman–Crippen MR) is 96.5 cm³/mol. The highest BCUT2D eigenvalue weighted by molar-refractivity contribution is 5.28. The summed E-state index contributed by atoms with van der Waals surface area (Å²) in [5, 5.41) is 3.52. The Morgan fingerprint density at radius 1 is 0.864 bits per heavy atom. The van der Waals surface area contributed by atoms with Crippen LogP contribution in [0.15, 0.2) is 24.3 Å². The average Bonchev–Trinajstić information content (AvgIpc) is 2.54. The molecule has 2 nitrogen and oxygen atoms in total. The monoisotopic (exact) mass is 305 g/mol. The molecule has 2 heteroatoms. The molecule has 0 atom stereocenters. The van der Waals surface area contributed by atoms with E-state index in [-0.39, 0.29) is 0 Å². The number of benzene rings is 1. The van der Waals surface area contributed by atoms with Gasteiger partial charge in [-0.15, -0.1) is 0 Å². The molecule has 0 saturated heterocycles. The highest BCUT2D eigenvalue weighted by atomic mass is 16.5. The van der Waals surface area contributed by atoms with Gasteiger partial charge in [0.05, 0.1) is 6.61 Å². The Morgan fingerprint density at radius 2 is 1.59 bits per heavy atom. The molecular weight excluding hydrogens is 270 g/mol. The summed E-state index contributed by atoms with van der Waals surface area (Å²) in [4.78, 5) is 0. The zero-order valence-electron chi connectivity index (χ0n) is 14.7. The smallest absolute Gasteiger partial charge is 0.119 e. The van der Waals surface area contributed by atoms with Crippen molar-refractivity contribution in [2.75, 3.05) is 13.2 Å². The molecule has 126 valence electrons. The van der Waals surface area contributed by atoms with Gasteiger partial charge in [-0.25, -0.2) is 0 Å².